The molecule has 2 rings (SSSR count). The summed E-state index contributed by atoms with van der Waals surface area (Å²) in [6, 6.07) is 12.4. The Bertz CT molecular complexity index is 1030. The first kappa shape index (κ1) is 24.9. The van der Waals surface area contributed by atoms with Crippen molar-refractivity contribution in [3.63, 3.8) is 0 Å². The van der Waals surface area contributed by atoms with E-state index < -0.39 is 28.5 Å². The van der Waals surface area contributed by atoms with Gasteiger partial charge in [-0.1, -0.05) is 38.1 Å². The highest BCUT2D eigenvalue weighted by molar-refractivity contribution is 8.00. The summed E-state index contributed by atoms with van der Waals surface area (Å²) < 4.78 is 32.0. The first-order valence-electron chi connectivity index (χ1n) is 9.93. The summed E-state index contributed by atoms with van der Waals surface area (Å²) in [5, 5.41) is 2.59. The van der Waals surface area contributed by atoms with Crippen molar-refractivity contribution in [3.05, 3.63) is 53.6 Å². The fourth-order valence-electron chi connectivity index (χ4n) is 2.90. The molecule has 0 radical (unpaired) electrons. The molecular formula is C22H28N2O5S2. The second kappa shape index (κ2) is 11.3. The summed E-state index contributed by atoms with van der Waals surface area (Å²) in [6.45, 7) is 7.46. The fraction of sp³-hybridized carbons (Fsp3) is 0.364. The number of carbonyl (C=O) groups excluding carboxylic acids is 2. The van der Waals surface area contributed by atoms with E-state index >= 15 is 0 Å². The third-order valence-corrected chi connectivity index (χ3v) is 7.94. The van der Waals surface area contributed by atoms with Gasteiger partial charge in [0.1, 0.15) is 0 Å². The van der Waals surface area contributed by atoms with E-state index in [0.29, 0.717) is 24.3 Å². The molecule has 1 N–H and O–H groups in total. The Morgan fingerprint density at radius 1 is 1.03 bits per heavy atom. The van der Waals surface area contributed by atoms with Crippen molar-refractivity contribution < 1.29 is 22.7 Å². The highest BCUT2D eigenvalue weighted by Gasteiger charge is 2.24. The number of rotatable bonds is 10. The minimum atomic E-state index is -3.66. The van der Waals surface area contributed by atoms with Crippen molar-refractivity contribution in [2.24, 2.45) is 0 Å². The Labute approximate surface area is 188 Å². The quantitative estimate of drug-likeness (QED) is 0.427. The number of amides is 1. The number of hydrogen-bond donors (Lipinski definition) is 1. The number of nitrogens with zero attached hydrogens (tertiary/aromatic N) is 1. The molecule has 0 aliphatic rings. The van der Waals surface area contributed by atoms with Gasteiger partial charge in [0.15, 0.2) is 6.61 Å². The third-order valence-electron chi connectivity index (χ3n) is 4.60. The second-order valence-electron chi connectivity index (χ2n) is 6.83. The Morgan fingerprint density at radius 2 is 1.71 bits per heavy atom. The van der Waals surface area contributed by atoms with E-state index in [1.807, 2.05) is 31.2 Å². The molecule has 0 bridgehead atoms. The summed E-state index contributed by atoms with van der Waals surface area (Å²) in [5.41, 5.74) is 1.98. The highest BCUT2D eigenvalue weighted by atomic mass is 32.2. The first-order valence-corrected chi connectivity index (χ1v) is 12.4. The first-order chi connectivity index (χ1) is 14.7. The lowest BCUT2D eigenvalue weighted by atomic mass is 10.2. The fourth-order valence-corrected chi connectivity index (χ4v) is 5.43. The topological polar surface area (TPSA) is 92.8 Å². The van der Waals surface area contributed by atoms with Gasteiger partial charge >= 0.3 is 5.97 Å². The van der Waals surface area contributed by atoms with Crippen molar-refractivity contribution in [2.75, 3.05) is 30.8 Å². The molecule has 0 fully saturated rings. The molecule has 0 heterocycles. The molecule has 168 valence electrons. The summed E-state index contributed by atoms with van der Waals surface area (Å²) >= 11 is 1.35. The molecule has 0 aromatic heterocycles. The number of nitrogens with one attached hydrogen (secondary N) is 1. The van der Waals surface area contributed by atoms with Crippen LogP contribution in [0.3, 0.4) is 0 Å². The second-order valence-corrected chi connectivity index (χ2v) is 9.76. The van der Waals surface area contributed by atoms with Crippen LogP contribution in [0.2, 0.25) is 0 Å². The van der Waals surface area contributed by atoms with E-state index in [-0.39, 0.29) is 10.6 Å². The van der Waals surface area contributed by atoms with E-state index in [0.717, 1.165) is 10.5 Å². The number of aryl methyl sites for hydroxylation is 2. The standard InChI is InChI=1S/C22H28N2O5S2/c1-5-24(6-2)31(27,28)20-13-18(12-11-17(20)4)23-21(25)14-29-22(26)15-30-19-10-8-7-9-16(19)3/h7-13H,5-6,14-15H2,1-4H3,(H,23,25). The molecule has 0 aliphatic heterocycles. The Morgan fingerprint density at radius 3 is 2.35 bits per heavy atom. The number of thioether (sulfide) groups is 1. The zero-order valence-corrected chi connectivity index (χ0v) is 19.8. The van der Waals surface area contributed by atoms with E-state index in [4.69, 9.17) is 4.74 Å². The molecule has 7 nitrogen and oxygen atoms in total. The van der Waals surface area contributed by atoms with Gasteiger partial charge in [-0.2, -0.15) is 4.31 Å². The van der Waals surface area contributed by atoms with Crippen molar-refractivity contribution in [1.82, 2.24) is 4.31 Å². The van der Waals surface area contributed by atoms with Gasteiger partial charge in [-0.25, -0.2) is 8.42 Å². The predicted molar refractivity (Wildman–Crippen MR) is 123 cm³/mol. The van der Waals surface area contributed by atoms with Crippen LogP contribution in [0.15, 0.2) is 52.3 Å². The summed E-state index contributed by atoms with van der Waals surface area (Å²) in [6.07, 6.45) is 0. The van der Waals surface area contributed by atoms with Gasteiger partial charge in [0.25, 0.3) is 5.91 Å². The molecule has 1 amide bonds. The van der Waals surface area contributed by atoms with Gasteiger partial charge < -0.3 is 10.1 Å². The van der Waals surface area contributed by atoms with Gasteiger partial charge in [0.05, 0.1) is 10.6 Å². The Balaban J connectivity index is 1.95. The lowest BCUT2D eigenvalue weighted by Crippen LogP contribution is -2.31. The van der Waals surface area contributed by atoms with Crippen LogP contribution >= 0.6 is 11.8 Å². The number of ether oxygens (including phenoxy) is 1. The normalized spacial score (nSPS) is 11.4. The van der Waals surface area contributed by atoms with E-state index in [9.17, 15) is 18.0 Å². The Hall–Kier alpha value is -2.36. The number of sulfonamides is 1. The van der Waals surface area contributed by atoms with Crippen LogP contribution in [0, 0.1) is 13.8 Å². The van der Waals surface area contributed by atoms with Crippen molar-refractivity contribution >= 4 is 39.3 Å². The minimum Gasteiger partial charge on any atom is -0.455 e. The maximum absolute atomic E-state index is 12.8. The van der Waals surface area contributed by atoms with Crippen molar-refractivity contribution in [1.29, 1.82) is 0 Å². The smallest absolute Gasteiger partial charge is 0.316 e. The van der Waals surface area contributed by atoms with Crippen LogP contribution in [0.4, 0.5) is 5.69 Å². The van der Waals surface area contributed by atoms with E-state index in [2.05, 4.69) is 5.32 Å². The number of esters is 1. The molecule has 0 atom stereocenters. The van der Waals surface area contributed by atoms with Gasteiger partial charge in [-0.05, 0) is 43.2 Å². The minimum absolute atomic E-state index is 0.0922. The number of benzene rings is 2. The van der Waals surface area contributed by atoms with Crippen LogP contribution in [0.1, 0.15) is 25.0 Å². The van der Waals surface area contributed by atoms with Crippen LogP contribution in [0.25, 0.3) is 0 Å². The average Bonchev–Trinajstić information content (AvgIpc) is 2.73. The number of carbonyl (C=O) groups is 2. The maximum Gasteiger partial charge on any atom is 0.316 e. The van der Waals surface area contributed by atoms with Crippen LogP contribution in [-0.2, 0) is 24.3 Å². The lowest BCUT2D eigenvalue weighted by molar-refractivity contribution is -0.144. The molecular weight excluding hydrogens is 436 g/mol. The molecule has 31 heavy (non-hydrogen) atoms. The molecule has 9 heteroatoms. The molecule has 0 saturated carbocycles. The molecule has 0 spiro atoms. The summed E-state index contributed by atoms with van der Waals surface area (Å²) in [7, 11) is -3.66. The lowest BCUT2D eigenvalue weighted by Gasteiger charge is -2.20. The van der Waals surface area contributed by atoms with E-state index in [1.165, 1.54) is 22.1 Å². The van der Waals surface area contributed by atoms with Crippen molar-refractivity contribution in [3.8, 4) is 0 Å². The molecule has 0 unspecified atom stereocenters. The zero-order valence-electron chi connectivity index (χ0n) is 18.2. The van der Waals surface area contributed by atoms with Crippen LogP contribution in [0.5, 0.6) is 0 Å². The maximum atomic E-state index is 12.8. The molecule has 0 saturated heterocycles. The number of anilines is 1. The van der Waals surface area contributed by atoms with E-state index in [1.54, 1.807) is 32.9 Å². The Kier molecular flexibility index (Phi) is 9.09. The molecule has 2 aromatic rings. The zero-order chi connectivity index (χ0) is 23.0. The van der Waals surface area contributed by atoms with Crippen LogP contribution in [-0.4, -0.2) is 50.0 Å². The SMILES string of the molecule is CCN(CC)S(=O)(=O)c1cc(NC(=O)COC(=O)CSc2ccccc2C)ccc1C. The number of hydrogen-bond acceptors (Lipinski definition) is 6. The third kappa shape index (κ3) is 6.81. The predicted octanol–water partition coefficient (Wildman–Crippen LogP) is 3.61. The highest BCUT2D eigenvalue weighted by Crippen LogP contribution is 2.24. The molecule has 2 aromatic carbocycles. The average molecular weight is 465 g/mol. The molecule has 0 aliphatic carbocycles. The van der Waals surface area contributed by atoms with Gasteiger partial charge in [-0.3, -0.25) is 9.59 Å². The monoisotopic (exact) mass is 464 g/mol. The van der Waals surface area contributed by atoms with Gasteiger partial charge in [0, 0.05) is 23.7 Å². The summed E-state index contributed by atoms with van der Waals surface area (Å²) in [5.74, 6) is -0.948. The van der Waals surface area contributed by atoms with Crippen molar-refractivity contribution in [2.45, 2.75) is 37.5 Å². The van der Waals surface area contributed by atoms with Gasteiger partial charge in [0.2, 0.25) is 10.0 Å². The largest absolute Gasteiger partial charge is 0.455 e. The summed E-state index contributed by atoms with van der Waals surface area (Å²) in [4.78, 5) is 25.2. The van der Waals surface area contributed by atoms with Gasteiger partial charge in [-0.15, -0.1) is 11.8 Å². The van der Waals surface area contributed by atoms with Crippen LogP contribution < -0.4 is 5.32 Å².